The second-order valence-corrected chi connectivity index (χ2v) is 7.15. The van der Waals surface area contributed by atoms with E-state index in [0.717, 1.165) is 64.5 Å². The van der Waals surface area contributed by atoms with Gasteiger partial charge in [0.15, 0.2) is 11.1 Å². The van der Waals surface area contributed by atoms with Crippen LogP contribution in [0.25, 0.3) is 0 Å². The Balaban J connectivity index is 1.84. The van der Waals surface area contributed by atoms with Gasteiger partial charge in [-0.05, 0) is 25.7 Å². The minimum Gasteiger partial charge on any atom is -0.364 e. The molecule has 2 aliphatic rings. The predicted octanol–water partition coefficient (Wildman–Crippen LogP) is -1.51. The fourth-order valence-corrected chi connectivity index (χ4v) is 4.19. The van der Waals surface area contributed by atoms with E-state index in [1.807, 2.05) is 0 Å². The van der Waals surface area contributed by atoms with Gasteiger partial charge in [-0.2, -0.15) is 0 Å². The van der Waals surface area contributed by atoms with Crippen LogP contribution in [0.4, 0.5) is 0 Å². The van der Waals surface area contributed by atoms with Crippen molar-refractivity contribution in [3.8, 4) is 0 Å². The standard InChI is InChI=1S/C16H30N4O2/c17-13(21)15(7-3-1-4-8-15)19-11-12-20-16(14(18)22)9-5-2-6-10-16/h19-20H,1-12H2,(H2,17,21)(H2,18,22)/p+2. The van der Waals surface area contributed by atoms with Crippen molar-refractivity contribution < 1.29 is 20.2 Å². The van der Waals surface area contributed by atoms with Crippen molar-refractivity contribution in [1.82, 2.24) is 0 Å². The summed E-state index contributed by atoms with van der Waals surface area (Å²) < 4.78 is 0. The maximum absolute atomic E-state index is 11.9. The average molecular weight is 312 g/mol. The molecule has 6 heteroatoms. The van der Waals surface area contributed by atoms with E-state index in [1.165, 1.54) is 12.8 Å². The normalized spacial score (nSPS) is 23.8. The van der Waals surface area contributed by atoms with Crippen LogP contribution in [0.1, 0.15) is 64.2 Å². The molecule has 0 atom stereocenters. The lowest BCUT2D eigenvalue weighted by atomic mass is 9.80. The summed E-state index contributed by atoms with van der Waals surface area (Å²) >= 11 is 0. The Hall–Kier alpha value is -1.14. The highest BCUT2D eigenvalue weighted by atomic mass is 16.2. The lowest BCUT2D eigenvalue weighted by Crippen LogP contribution is -3.07. The summed E-state index contributed by atoms with van der Waals surface area (Å²) in [6.07, 6.45) is 10.2. The zero-order valence-corrected chi connectivity index (χ0v) is 13.6. The molecule has 0 aromatic carbocycles. The number of carbonyl (C=O) groups excluding carboxylic acids is 2. The molecule has 0 bridgehead atoms. The third-order valence-electron chi connectivity index (χ3n) is 5.71. The largest absolute Gasteiger partial charge is 0.364 e. The molecule has 2 fully saturated rings. The number of amides is 2. The lowest BCUT2D eigenvalue weighted by Gasteiger charge is -2.33. The summed E-state index contributed by atoms with van der Waals surface area (Å²) in [5.74, 6) is -0.371. The highest BCUT2D eigenvalue weighted by Gasteiger charge is 2.43. The molecule has 8 N–H and O–H groups in total. The quantitative estimate of drug-likeness (QED) is 0.427. The molecule has 0 heterocycles. The summed E-state index contributed by atoms with van der Waals surface area (Å²) in [5.41, 5.74) is 10.5. The fourth-order valence-electron chi connectivity index (χ4n) is 4.19. The number of rotatable bonds is 7. The summed E-state index contributed by atoms with van der Waals surface area (Å²) in [5, 5.41) is 4.23. The highest BCUT2D eigenvalue weighted by molar-refractivity contribution is 5.83. The zero-order chi connectivity index (χ0) is 16.1. The van der Waals surface area contributed by atoms with Crippen LogP contribution < -0.4 is 22.1 Å². The van der Waals surface area contributed by atoms with Gasteiger partial charge < -0.3 is 22.1 Å². The molecular weight excluding hydrogens is 280 g/mol. The Bertz CT molecular complexity index is 361. The number of nitrogens with two attached hydrogens (primary N) is 4. The van der Waals surface area contributed by atoms with Gasteiger partial charge in [0.05, 0.1) is 0 Å². The molecule has 6 nitrogen and oxygen atoms in total. The van der Waals surface area contributed by atoms with Crippen molar-refractivity contribution in [2.75, 3.05) is 13.1 Å². The summed E-state index contributed by atoms with van der Waals surface area (Å²) in [6.45, 7) is 1.61. The van der Waals surface area contributed by atoms with Crippen LogP contribution in [0.3, 0.4) is 0 Å². The number of carbonyl (C=O) groups is 2. The second kappa shape index (κ2) is 7.42. The van der Waals surface area contributed by atoms with E-state index in [2.05, 4.69) is 10.6 Å². The van der Waals surface area contributed by atoms with E-state index in [9.17, 15) is 9.59 Å². The first-order valence-electron chi connectivity index (χ1n) is 8.79. The zero-order valence-electron chi connectivity index (χ0n) is 13.6. The van der Waals surface area contributed by atoms with E-state index in [1.54, 1.807) is 0 Å². The molecule has 0 aliphatic heterocycles. The Morgan fingerprint density at radius 1 is 0.682 bits per heavy atom. The smallest absolute Gasteiger partial charge is 0.278 e. The maximum Gasteiger partial charge on any atom is 0.278 e. The summed E-state index contributed by atoms with van der Waals surface area (Å²) in [6, 6.07) is 0. The minimum absolute atomic E-state index is 0.186. The summed E-state index contributed by atoms with van der Waals surface area (Å²) in [7, 11) is 0. The first-order valence-corrected chi connectivity index (χ1v) is 8.79. The molecule has 0 spiro atoms. The molecule has 2 rings (SSSR count). The van der Waals surface area contributed by atoms with E-state index in [0.29, 0.717) is 0 Å². The van der Waals surface area contributed by atoms with E-state index in [-0.39, 0.29) is 11.8 Å². The molecule has 0 aromatic rings. The fraction of sp³-hybridized carbons (Fsp3) is 0.875. The molecule has 126 valence electrons. The van der Waals surface area contributed by atoms with Gasteiger partial charge in [0.1, 0.15) is 13.1 Å². The molecule has 2 saturated carbocycles. The molecule has 0 unspecified atom stereocenters. The molecule has 2 amide bonds. The first-order chi connectivity index (χ1) is 10.5. The van der Waals surface area contributed by atoms with E-state index >= 15 is 0 Å². The molecular formula is C16H32N4O2+2. The van der Waals surface area contributed by atoms with Crippen molar-refractivity contribution in [3.63, 3.8) is 0 Å². The highest BCUT2D eigenvalue weighted by Crippen LogP contribution is 2.25. The Labute approximate surface area is 132 Å². The Kier molecular flexibility index (Phi) is 5.81. The molecule has 0 saturated heterocycles. The molecule has 22 heavy (non-hydrogen) atoms. The average Bonchev–Trinajstić information content (AvgIpc) is 2.53. The van der Waals surface area contributed by atoms with Crippen LogP contribution in [-0.2, 0) is 9.59 Å². The maximum atomic E-state index is 11.9. The second-order valence-electron chi connectivity index (χ2n) is 7.15. The van der Waals surface area contributed by atoms with Crippen LogP contribution in [-0.4, -0.2) is 36.0 Å². The third kappa shape index (κ3) is 3.79. The van der Waals surface area contributed by atoms with Gasteiger partial charge in [0.25, 0.3) is 11.8 Å². The molecule has 0 aromatic heterocycles. The van der Waals surface area contributed by atoms with E-state index < -0.39 is 11.1 Å². The lowest BCUT2D eigenvalue weighted by molar-refractivity contribution is -0.777. The van der Waals surface area contributed by atoms with E-state index in [4.69, 9.17) is 11.5 Å². The number of quaternary nitrogens is 2. The molecule has 0 radical (unpaired) electrons. The van der Waals surface area contributed by atoms with Gasteiger partial charge in [-0.1, -0.05) is 12.8 Å². The summed E-state index contributed by atoms with van der Waals surface area (Å²) in [4.78, 5) is 23.7. The van der Waals surface area contributed by atoms with Crippen LogP contribution in [0.2, 0.25) is 0 Å². The van der Waals surface area contributed by atoms with Crippen molar-refractivity contribution in [2.45, 2.75) is 75.3 Å². The SMILES string of the molecule is NC(=O)C1([NH2+]CC[NH2+]C2(C(N)=O)CCCCC2)CCCCC1. The Morgan fingerprint density at radius 2 is 1.00 bits per heavy atom. The van der Waals surface area contributed by atoms with Gasteiger partial charge in [-0.3, -0.25) is 9.59 Å². The molecule has 2 aliphatic carbocycles. The van der Waals surface area contributed by atoms with Gasteiger partial charge in [0, 0.05) is 25.7 Å². The third-order valence-corrected chi connectivity index (χ3v) is 5.71. The van der Waals surface area contributed by atoms with Crippen LogP contribution in [0.5, 0.6) is 0 Å². The van der Waals surface area contributed by atoms with Crippen molar-refractivity contribution in [1.29, 1.82) is 0 Å². The Morgan fingerprint density at radius 3 is 1.27 bits per heavy atom. The van der Waals surface area contributed by atoms with Gasteiger partial charge in [0.2, 0.25) is 0 Å². The first kappa shape index (κ1) is 17.2. The topological polar surface area (TPSA) is 119 Å². The van der Waals surface area contributed by atoms with Crippen molar-refractivity contribution in [3.05, 3.63) is 0 Å². The monoisotopic (exact) mass is 312 g/mol. The number of hydrogen-bond acceptors (Lipinski definition) is 2. The van der Waals surface area contributed by atoms with Gasteiger partial charge >= 0.3 is 0 Å². The van der Waals surface area contributed by atoms with Crippen molar-refractivity contribution in [2.24, 2.45) is 11.5 Å². The van der Waals surface area contributed by atoms with Crippen LogP contribution >= 0.6 is 0 Å². The predicted molar refractivity (Wildman–Crippen MR) is 83.6 cm³/mol. The van der Waals surface area contributed by atoms with Crippen LogP contribution in [0, 0.1) is 0 Å². The number of hydrogen-bond donors (Lipinski definition) is 4. The number of primary amides is 2. The van der Waals surface area contributed by atoms with Gasteiger partial charge in [-0.15, -0.1) is 0 Å². The minimum atomic E-state index is -0.418. The van der Waals surface area contributed by atoms with Crippen LogP contribution in [0.15, 0.2) is 0 Å². The van der Waals surface area contributed by atoms with Gasteiger partial charge in [-0.25, -0.2) is 0 Å². The van der Waals surface area contributed by atoms with Crippen molar-refractivity contribution >= 4 is 11.8 Å².